The molecular weight excluding hydrogens is 431 g/mol. The molecule has 0 fully saturated rings. The van der Waals surface area contributed by atoms with Crippen molar-refractivity contribution in [1.29, 1.82) is 0 Å². The molecule has 0 saturated heterocycles. The number of thiophene rings is 1. The smallest absolute Gasteiger partial charge is 0.191 e. The molecule has 0 radical (unpaired) electrons. The van der Waals surface area contributed by atoms with Gasteiger partial charge >= 0.3 is 0 Å². The number of aliphatic imine (C=N–C) groups is 1. The van der Waals surface area contributed by atoms with E-state index < -0.39 is 0 Å². The molecular formula is C18H27IN4S. The van der Waals surface area contributed by atoms with Gasteiger partial charge in [0, 0.05) is 26.7 Å². The molecule has 0 unspecified atom stereocenters. The van der Waals surface area contributed by atoms with E-state index in [4.69, 9.17) is 0 Å². The third kappa shape index (κ3) is 8.12. The minimum Gasteiger partial charge on any atom is -0.356 e. The summed E-state index contributed by atoms with van der Waals surface area (Å²) in [4.78, 5) is 6.60. The molecule has 2 rings (SSSR count). The average Bonchev–Trinajstić information content (AvgIpc) is 3.08. The van der Waals surface area contributed by atoms with Crippen molar-refractivity contribution in [1.82, 2.24) is 15.5 Å². The van der Waals surface area contributed by atoms with E-state index >= 15 is 0 Å². The van der Waals surface area contributed by atoms with Gasteiger partial charge in [0.25, 0.3) is 0 Å². The molecule has 0 bridgehead atoms. The Labute approximate surface area is 166 Å². The summed E-state index contributed by atoms with van der Waals surface area (Å²) in [5, 5.41) is 10.9. The second-order valence-corrected chi connectivity index (χ2v) is 6.34. The van der Waals surface area contributed by atoms with Gasteiger partial charge in [-0.1, -0.05) is 30.3 Å². The van der Waals surface area contributed by atoms with E-state index in [0.29, 0.717) is 0 Å². The lowest BCUT2D eigenvalue weighted by atomic mass is 10.2. The second kappa shape index (κ2) is 12.3. The van der Waals surface area contributed by atoms with Gasteiger partial charge in [-0.2, -0.15) is 11.3 Å². The Hall–Kier alpha value is -1.12. The first-order valence-corrected chi connectivity index (χ1v) is 8.90. The van der Waals surface area contributed by atoms with Gasteiger partial charge in [0.2, 0.25) is 0 Å². The zero-order valence-corrected chi connectivity index (χ0v) is 17.5. The Morgan fingerprint density at radius 1 is 1.12 bits per heavy atom. The van der Waals surface area contributed by atoms with E-state index in [1.807, 2.05) is 7.05 Å². The van der Waals surface area contributed by atoms with Crippen molar-refractivity contribution in [2.45, 2.75) is 19.5 Å². The van der Waals surface area contributed by atoms with Crippen LogP contribution in [0, 0.1) is 0 Å². The summed E-state index contributed by atoms with van der Waals surface area (Å²) >= 11 is 1.72. The molecule has 0 atom stereocenters. The van der Waals surface area contributed by atoms with E-state index in [1.54, 1.807) is 11.3 Å². The molecule has 1 aromatic heterocycles. The van der Waals surface area contributed by atoms with E-state index in [1.165, 1.54) is 11.1 Å². The molecule has 2 aromatic rings. The zero-order valence-electron chi connectivity index (χ0n) is 14.4. The van der Waals surface area contributed by atoms with Crippen LogP contribution < -0.4 is 10.6 Å². The summed E-state index contributed by atoms with van der Waals surface area (Å²) in [5.74, 6) is 0.863. The molecule has 24 heavy (non-hydrogen) atoms. The van der Waals surface area contributed by atoms with Crippen molar-refractivity contribution in [3.63, 3.8) is 0 Å². The molecule has 1 aromatic carbocycles. The van der Waals surface area contributed by atoms with Crippen LogP contribution in [0.15, 0.2) is 52.2 Å². The van der Waals surface area contributed by atoms with Gasteiger partial charge in [-0.15, -0.1) is 24.0 Å². The quantitative estimate of drug-likeness (QED) is 0.275. The van der Waals surface area contributed by atoms with Gasteiger partial charge in [-0.25, -0.2) is 0 Å². The number of hydrogen-bond donors (Lipinski definition) is 2. The summed E-state index contributed by atoms with van der Waals surface area (Å²) in [7, 11) is 3.97. The molecule has 132 valence electrons. The van der Waals surface area contributed by atoms with Crippen molar-refractivity contribution in [3.05, 3.63) is 58.3 Å². The van der Waals surface area contributed by atoms with Gasteiger partial charge in [-0.05, 0) is 48.0 Å². The highest BCUT2D eigenvalue weighted by Gasteiger charge is 2.01. The van der Waals surface area contributed by atoms with Crippen LogP contribution in [0.3, 0.4) is 0 Å². The van der Waals surface area contributed by atoms with Crippen LogP contribution in [0.25, 0.3) is 0 Å². The largest absolute Gasteiger partial charge is 0.356 e. The third-order valence-electron chi connectivity index (χ3n) is 3.57. The van der Waals surface area contributed by atoms with Crippen molar-refractivity contribution in [3.8, 4) is 0 Å². The maximum atomic E-state index is 4.26. The lowest BCUT2D eigenvalue weighted by Gasteiger charge is -2.17. The Bertz CT molecular complexity index is 572. The minimum absolute atomic E-state index is 0. The SMILES string of the molecule is CN=C(NCCCN(C)Cc1ccccc1)NCc1ccsc1.I. The molecule has 0 aliphatic carbocycles. The summed E-state index contributed by atoms with van der Waals surface area (Å²) in [6, 6.07) is 12.7. The van der Waals surface area contributed by atoms with Crippen LogP contribution >= 0.6 is 35.3 Å². The van der Waals surface area contributed by atoms with Crippen LogP contribution in [0.2, 0.25) is 0 Å². The monoisotopic (exact) mass is 458 g/mol. The number of hydrogen-bond acceptors (Lipinski definition) is 3. The van der Waals surface area contributed by atoms with Crippen LogP contribution in [0.4, 0.5) is 0 Å². The zero-order chi connectivity index (χ0) is 16.3. The topological polar surface area (TPSA) is 39.7 Å². The number of rotatable bonds is 8. The molecule has 0 aliphatic heterocycles. The number of guanidine groups is 1. The number of nitrogens with one attached hydrogen (secondary N) is 2. The first kappa shape index (κ1) is 20.9. The lowest BCUT2D eigenvalue weighted by Crippen LogP contribution is -2.38. The number of halogens is 1. The molecule has 6 heteroatoms. The Morgan fingerprint density at radius 3 is 2.58 bits per heavy atom. The molecule has 2 N–H and O–H groups in total. The minimum atomic E-state index is 0. The van der Waals surface area contributed by atoms with Crippen LogP contribution in [-0.4, -0.2) is 38.0 Å². The maximum Gasteiger partial charge on any atom is 0.191 e. The standard InChI is InChI=1S/C18H26N4S.HI/c1-19-18(21-13-17-9-12-23-15-17)20-10-6-11-22(2)14-16-7-4-3-5-8-16;/h3-5,7-9,12,15H,6,10-11,13-14H2,1-2H3,(H2,19,20,21);1H. The van der Waals surface area contributed by atoms with Gasteiger partial charge in [-0.3, -0.25) is 4.99 Å². The first-order chi connectivity index (χ1) is 11.3. The van der Waals surface area contributed by atoms with Crippen LogP contribution in [0.5, 0.6) is 0 Å². The van der Waals surface area contributed by atoms with Crippen molar-refractivity contribution >= 4 is 41.3 Å². The third-order valence-corrected chi connectivity index (χ3v) is 4.30. The average molecular weight is 458 g/mol. The summed E-state index contributed by atoms with van der Waals surface area (Å²) in [6.45, 7) is 3.79. The highest BCUT2D eigenvalue weighted by molar-refractivity contribution is 14.0. The van der Waals surface area contributed by atoms with Crippen LogP contribution in [0.1, 0.15) is 17.5 Å². The Morgan fingerprint density at radius 2 is 1.92 bits per heavy atom. The van der Waals surface area contributed by atoms with Crippen molar-refractivity contribution in [2.24, 2.45) is 4.99 Å². The summed E-state index contributed by atoms with van der Waals surface area (Å²) in [5.41, 5.74) is 2.65. The van der Waals surface area contributed by atoms with Crippen molar-refractivity contribution < 1.29 is 0 Å². The van der Waals surface area contributed by atoms with Crippen molar-refractivity contribution in [2.75, 3.05) is 27.2 Å². The van der Waals surface area contributed by atoms with Gasteiger partial charge in [0.05, 0.1) is 0 Å². The molecule has 0 aliphatic rings. The van der Waals surface area contributed by atoms with Gasteiger partial charge < -0.3 is 15.5 Å². The fraction of sp³-hybridized carbons (Fsp3) is 0.389. The molecule has 0 saturated carbocycles. The van der Waals surface area contributed by atoms with E-state index in [-0.39, 0.29) is 24.0 Å². The lowest BCUT2D eigenvalue weighted by molar-refractivity contribution is 0.322. The Kier molecular flexibility index (Phi) is 10.7. The molecule has 1 heterocycles. The summed E-state index contributed by atoms with van der Waals surface area (Å²) < 4.78 is 0. The van der Waals surface area contributed by atoms with E-state index in [9.17, 15) is 0 Å². The maximum absolute atomic E-state index is 4.26. The highest BCUT2D eigenvalue weighted by atomic mass is 127. The predicted molar refractivity (Wildman–Crippen MR) is 115 cm³/mol. The van der Waals surface area contributed by atoms with E-state index in [0.717, 1.165) is 38.6 Å². The van der Waals surface area contributed by atoms with Gasteiger partial charge in [0.15, 0.2) is 5.96 Å². The number of benzene rings is 1. The van der Waals surface area contributed by atoms with Gasteiger partial charge in [0.1, 0.15) is 0 Å². The molecule has 4 nitrogen and oxygen atoms in total. The normalized spacial score (nSPS) is 11.2. The fourth-order valence-electron chi connectivity index (χ4n) is 2.33. The summed E-state index contributed by atoms with van der Waals surface area (Å²) in [6.07, 6.45) is 1.09. The van der Waals surface area contributed by atoms with Crippen LogP contribution in [-0.2, 0) is 13.1 Å². The van der Waals surface area contributed by atoms with E-state index in [2.05, 4.69) is 74.7 Å². The first-order valence-electron chi connectivity index (χ1n) is 7.96. The molecule has 0 spiro atoms. The highest BCUT2D eigenvalue weighted by Crippen LogP contribution is 2.05. The fourth-order valence-corrected chi connectivity index (χ4v) is 3.00. The molecule has 0 amide bonds. The number of nitrogens with zero attached hydrogens (tertiary/aromatic N) is 2. The predicted octanol–water partition coefficient (Wildman–Crippen LogP) is 3.55. The Balaban J connectivity index is 0.00000288. The second-order valence-electron chi connectivity index (χ2n) is 5.56.